The second-order valence-electron chi connectivity index (χ2n) is 7.91. The molecule has 1 aliphatic carbocycles. The normalized spacial score (nSPS) is 19.8. The second kappa shape index (κ2) is 9.75. The molecule has 0 saturated heterocycles. The van der Waals surface area contributed by atoms with Gasteiger partial charge in [-0.1, -0.05) is 42.4 Å². The van der Waals surface area contributed by atoms with Crippen molar-refractivity contribution < 1.29 is 18.0 Å². The summed E-state index contributed by atoms with van der Waals surface area (Å²) in [5.74, 6) is 5.92. The molecule has 0 atom stereocenters. The summed E-state index contributed by atoms with van der Waals surface area (Å²) < 4.78 is 38.8. The van der Waals surface area contributed by atoms with Crippen molar-refractivity contribution in [1.29, 1.82) is 0 Å². The summed E-state index contributed by atoms with van der Waals surface area (Å²) in [4.78, 5) is 12.5. The zero-order chi connectivity index (χ0) is 22.6. The number of hydrogen-bond donors (Lipinski definition) is 2. The van der Waals surface area contributed by atoms with Crippen molar-refractivity contribution in [3.05, 3.63) is 69.1 Å². The van der Waals surface area contributed by atoms with E-state index in [1.54, 1.807) is 5.01 Å². The minimum atomic E-state index is -4.53. The summed E-state index contributed by atoms with van der Waals surface area (Å²) in [6, 6.07) is 10.4. The Morgan fingerprint density at radius 1 is 1.19 bits per heavy atom. The molecule has 2 aromatic rings. The lowest BCUT2D eigenvalue weighted by Gasteiger charge is -2.31. The van der Waals surface area contributed by atoms with E-state index in [1.165, 1.54) is 0 Å². The van der Waals surface area contributed by atoms with Crippen LogP contribution in [0.3, 0.4) is 0 Å². The van der Waals surface area contributed by atoms with Crippen LogP contribution in [-0.2, 0) is 6.18 Å². The second-order valence-corrected chi connectivity index (χ2v) is 8.32. The molecule has 166 valence electrons. The first-order chi connectivity index (χ1) is 14.6. The first-order valence-electron chi connectivity index (χ1n) is 10.1. The fourth-order valence-corrected chi connectivity index (χ4v) is 4.02. The van der Waals surface area contributed by atoms with Crippen LogP contribution in [0.1, 0.15) is 41.6 Å². The van der Waals surface area contributed by atoms with Crippen LogP contribution in [0.2, 0.25) is 5.02 Å². The summed E-state index contributed by atoms with van der Waals surface area (Å²) in [5.41, 5.74) is -1.05. The monoisotopic (exact) mass is 451 g/mol. The molecule has 1 fully saturated rings. The lowest BCUT2D eigenvalue weighted by atomic mass is 9.85. The van der Waals surface area contributed by atoms with E-state index in [0.29, 0.717) is 12.5 Å². The maximum absolute atomic E-state index is 12.9. The van der Waals surface area contributed by atoms with Crippen molar-refractivity contribution in [2.45, 2.75) is 37.9 Å². The van der Waals surface area contributed by atoms with Crippen LogP contribution in [0, 0.1) is 5.92 Å². The quantitative estimate of drug-likeness (QED) is 0.538. The van der Waals surface area contributed by atoms with Crippen molar-refractivity contribution >= 4 is 30.3 Å². The number of benzene rings is 2. The number of hydrazine groups is 1. The molecule has 1 amide bonds. The van der Waals surface area contributed by atoms with E-state index in [0.717, 1.165) is 54.3 Å². The average molecular weight is 452 g/mol. The van der Waals surface area contributed by atoms with E-state index in [4.69, 9.17) is 17.4 Å². The first kappa shape index (κ1) is 23.2. The molecule has 0 aromatic heterocycles. The van der Waals surface area contributed by atoms with Gasteiger partial charge in [0.1, 0.15) is 0 Å². The number of amides is 1. The highest BCUT2D eigenvalue weighted by molar-refractivity contribution is 6.33. The van der Waals surface area contributed by atoms with Gasteiger partial charge in [-0.3, -0.25) is 4.79 Å². The summed E-state index contributed by atoms with van der Waals surface area (Å²) in [6.07, 6.45) is 0.506. The highest BCUT2D eigenvalue weighted by atomic mass is 35.5. The number of nitrogens with two attached hydrogens (primary N) is 1. The molecule has 0 aliphatic heterocycles. The van der Waals surface area contributed by atoms with Gasteiger partial charge in [0, 0.05) is 18.8 Å². The SMILES string of the molecule is C=c1cccc/c1=C/N(N)C[C@H]1CC[C@H](NC(=O)c2cc(C(F)(F)F)ccc2Cl)CC1. The summed E-state index contributed by atoms with van der Waals surface area (Å²) in [6.45, 7) is 4.66. The Labute approximate surface area is 184 Å². The predicted octanol–water partition coefficient (Wildman–Crippen LogP) is 3.67. The van der Waals surface area contributed by atoms with Crippen LogP contribution in [0.5, 0.6) is 0 Å². The molecule has 3 rings (SSSR count). The van der Waals surface area contributed by atoms with E-state index < -0.39 is 17.6 Å². The molecule has 0 unspecified atom stereocenters. The van der Waals surface area contributed by atoms with Gasteiger partial charge < -0.3 is 10.3 Å². The molecule has 0 radical (unpaired) electrons. The highest BCUT2D eigenvalue weighted by Gasteiger charge is 2.32. The van der Waals surface area contributed by atoms with E-state index >= 15 is 0 Å². The maximum atomic E-state index is 12.9. The molecule has 31 heavy (non-hydrogen) atoms. The van der Waals surface area contributed by atoms with Crippen LogP contribution < -0.4 is 21.6 Å². The third kappa shape index (κ3) is 6.24. The number of alkyl halides is 3. The standard InChI is InChI=1S/C23H25ClF3N3O/c1-15-4-2-3-5-17(15)14-30(28)13-16-6-9-19(10-7-16)29-22(31)20-12-18(23(25,26)27)8-11-21(20)24/h2-5,8,11-12,14,16,19H,1,6-7,9-10,13,28H2,(H,29,31)/b17-14-/t16-,19-. The molecule has 8 heteroatoms. The van der Waals surface area contributed by atoms with Gasteiger partial charge in [0.05, 0.1) is 16.1 Å². The summed E-state index contributed by atoms with van der Waals surface area (Å²) in [7, 11) is 0. The molecule has 2 aromatic carbocycles. The lowest BCUT2D eigenvalue weighted by Crippen LogP contribution is -2.41. The molecule has 4 nitrogen and oxygen atoms in total. The Balaban J connectivity index is 1.55. The van der Waals surface area contributed by atoms with Gasteiger partial charge in [0.15, 0.2) is 0 Å². The number of carbonyl (C=O) groups excluding carboxylic acids is 1. The smallest absolute Gasteiger partial charge is 0.349 e. The van der Waals surface area contributed by atoms with Crippen LogP contribution in [-0.4, -0.2) is 23.5 Å². The fraction of sp³-hybridized carbons (Fsp3) is 0.348. The lowest BCUT2D eigenvalue weighted by molar-refractivity contribution is -0.137. The molecule has 0 spiro atoms. The van der Waals surface area contributed by atoms with Gasteiger partial charge in [0.25, 0.3) is 5.91 Å². The van der Waals surface area contributed by atoms with Crippen molar-refractivity contribution in [2.75, 3.05) is 6.54 Å². The Kier molecular flexibility index (Phi) is 7.28. The number of nitrogens with zero attached hydrogens (tertiary/aromatic N) is 1. The third-order valence-electron chi connectivity index (χ3n) is 5.55. The molecular weight excluding hydrogens is 427 g/mol. The summed E-state index contributed by atoms with van der Waals surface area (Å²) >= 11 is 5.96. The van der Waals surface area contributed by atoms with Crippen molar-refractivity contribution in [3.8, 4) is 0 Å². The number of nitrogens with one attached hydrogen (secondary N) is 1. The number of hydrogen-bond acceptors (Lipinski definition) is 3. The molecule has 1 aliphatic rings. The number of carbonyl (C=O) groups is 1. The van der Waals surface area contributed by atoms with Crippen molar-refractivity contribution in [2.24, 2.45) is 11.8 Å². The van der Waals surface area contributed by atoms with Gasteiger partial charge in [-0.2, -0.15) is 13.2 Å². The van der Waals surface area contributed by atoms with E-state index in [1.807, 2.05) is 30.5 Å². The van der Waals surface area contributed by atoms with Crippen LogP contribution in [0.15, 0.2) is 42.5 Å². The predicted molar refractivity (Wildman–Crippen MR) is 116 cm³/mol. The average Bonchev–Trinajstić information content (AvgIpc) is 2.70. The topological polar surface area (TPSA) is 58.4 Å². The van der Waals surface area contributed by atoms with E-state index in [9.17, 15) is 18.0 Å². The first-order valence-corrected chi connectivity index (χ1v) is 10.5. The fourth-order valence-electron chi connectivity index (χ4n) is 3.82. The van der Waals surface area contributed by atoms with Gasteiger partial charge in [-0.15, -0.1) is 0 Å². The maximum Gasteiger partial charge on any atom is 0.416 e. The molecule has 1 saturated carbocycles. The number of rotatable bonds is 5. The van der Waals surface area contributed by atoms with Crippen molar-refractivity contribution in [1.82, 2.24) is 10.3 Å². The van der Waals surface area contributed by atoms with Crippen LogP contribution in [0.4, 0.5) is 13.2 Å². The third-order valence-corrected chi connectivity index (χ3v) is 5.88. The van der Waals surface area contributed by atoms with E-state index in [-0.39, 0.29) is 16.6 Å². The Morgan fingerprint density at radius 3 is 2.52 bits per heavy atom. The van der Waals surface area contributed by atoms with Crippen molar-refractivity contribution in [3.63, 3.8) is 0 Å². The molecule has 0 bridgehead atoms. The van der Waals surface area contributed by atoms with E-state index in [2.05, 4.69) is 11.9 Å². The Morgan fingerprint density at radius 2 is 1.87 bits per heavy atom. The van der Waals surface area contributed by atoms with Gasteiger partial charge in [-0.05, 0) is 60.2 Å². The largest absolute Gasteiger partial charge is 0.416 e. The minimum Gasteiger partial charge on any atom is -0.349 e. The Hall–Kier alpha value is -2.51. The summed E-state index contributed by atoms with van der Waals surface area (Å²) in [5, 5.41) is 6.35. The van der Waals surface area contributed by atoms with Crippen LogP contribution >= 0.6 is 11.6 Å². The number of halogens is 4. The zero-order valence-electron chi connectivity index (χ0n) is 17.0. The van der Waals surface area contributed by atoms with Gasteiger partial charge in [0.2, 0.25) is 0 Å². The zero-order valence-corrected chi connectivity index (χ0v) is 17.7. The minimum absolute atomic E-state index is 0.000748. The van der Waals surface area contributed by atoms with Crippen LogP contribution in [0.25, 0.3) is 12.8 Å². The van der Waals surface area contributed by atoms with Gasteiger partial charge >= 0.3 is 6.18 Å². The van der Waals surface area contributed by atoms with Gasteiger partial charge in [-0.25, -0.2) is 5.84 Å². The molecule has 0 heterocycles. The molecular formula is C23H25ClF3N3O. The Bertz CT molecular complexity index is 1030. The molecule has 3 N–H and O–H groups in total. The highest BCUT2D eigenvalue weighted by Crippen LogP contribution is 2.32.